The molecule has 0 radical (unpaired) electrons. The Morgan fingerprint density at radius 3 is 2.03 bits per heavy atom. The molecule has 0 unspecified atom stereocenters. The van der Waals surface area contributed by atoms with Crippen LogP contribution in [0.15, 0.2) is 42.0 Å². The van der Waals surface area contributed by atoms with Crippen LogP contribution in [0.1, 0.15) is 59.9 Å². The summed E-state index contributed by atoms with van der Waals surface area (Å²) in [4.78, 5) is 39.8. The van der Waals surface area contributed by atoms with E-state index in [4.69, 9.17) is 0 Å². The monoisotopic (exact) mass is 459 g/mol. The van der Waals surface area contributed by atoms with Gasteiger partial charge in [0, 0.05) is 18.5 Å². The van der Waals surface area contributed by atoms with Gasteiger partial charge in [0.1, 0.15) is 6.04 Å². The SMILES string of the molecule is CN[C@@H](C(=O)N[C@H](C(=O)N(C)[C@H](/C=C(\C)C(=O)O)C(C)C)C(C)(C)C)[C@@H](C)c1ccccc1. The minimum absolute atomic E-state index is 0.00673. The maximum absolute atomic E-state index is 13.6. The molecular formula is C26H41N3O4. The molecule has 0 fully saturated rings. The third kappa shape index (κ3) is 7.70. The van der Waals surface area contributed by atoms with Crippen molar-refractivity contribution in [3.63, 3.8) is 0 Å². The van der Waals surface area contributed by atoms with Gasteiger partial charge in [0.05, 0.1) is 12.1 Å². The second-order valence-corrected chi connectivity index (χ2v) is 10.1. The van der Waals surface area contributed by atoms with Gasteiger partial charge in [0.25, 0.3) is 0 Å². The van der Waals surface area contributed by atoms with Crippen LogP contribution in [0.25, 0.3) is 0 Å². The number of nitrogens with one attached hydrogen (secondary N) is 2. The Morgan fingerprint density at radius 1 is 1.06 bits per heavy atom. The van der Waals surface area contributed by atoms with Crippen molar-refractivity contribution in [3.8, 4) is 0 Å². The molecule has 0 aliphatic heterocycles. The van der Waals surface area contributed by atoms with Gasteiger partial charge in [-0.1, -0.05) is 78.0 Å². The van der Waals surface area contributed by atoms with Crippen LogP contribution in [0.3, 0.4) is 0 Å². The molecule has 0 aliphatic rings. The van der Waals surface area contributed by atoms with Crippen LogP contribution < -0.4 is 10.6 Å². The van der Waals surface area contributed by atoms with Crippen LogP contribution in [-0.2, 0) is 14.4 Å². The average molecular weight is 460 g/mol. The molecule has 4 atom stereocenters. The van der Waals surface area contributed by atoms with Crippen LogP contribution in [0.5, 0.6) is 0 Å². The number of carbonyl (C=O) groups is 3. The van der Waals surface area contributed by atoms with E-state index < -0.39 is 29.5 Å². The van der Waals surface area contributed by atoms with Crippen molar-refractivity contribution in [2.45, 2.75) is 72.5 Å². The smallest absolute Gasteiger partial charge is 0.331 e. The number of carboxylic acids is 1. The van der Waals surface area contributed by atoms with Crippen molar-refractivity contribution in [1.82, 2.24) is 15.5 Å². The number of likely N-dealkylation sites (N-methyl/N-ethyl adjacent to an activating group) is 2. The van der Waals surface area contributed by atoms with Crippen LogP contribution in [0.4, 0.5) is 0 Å². The number of hydrogen-bond donors (Lipinski definition) is 3. The quantitative estimate of drug-likeness (QED) is 0.466. The van der Waals surface area contributed by atoms with Gasteiger partial charge < -0.3 is 20.6 Å². The highest BCUT2D eigenvalue weighted by molar-refractivity contribution is 5.91. The molecular weight excluding hydrogens is 418 g/mol. The number of carboxylic acid groups (broad SMARTS) is 1. The van der Waals surface area contributed by atoms with E-state index in [0.29, 0.717) is 0 Å². The third-order valence-electron chi connectivity index (χ3n) is 6.05. The minimum Gasteiger partial charge on any atom is -0.478 e. The number of hydrogen-bond acceptors (Lipinski definition) is 4. The lowest BCUT2D eigenvalue weighted by Gasteiger charge is -2.38. The normalized spacial score (nSPS) is 16.0. The highest BCUT2D eigenvalue weighted by Crippen LogP contribution is 2.25. The Kier molecular flexibility index (Phi) is 10.3. The molecule has 0 saturated heterocycles. The van der Waals surface area contributed by atoms with Crippen molar-refractivity contribution in [3.05, 3.63) is 47.5 Å². The molecule has 0 saturated carbocycles. The third-order valence-corrected chi connectivity index (χ3v) is 6.05. The lowest BCUT2D eigenvalue weighted by molar-refractivity contribution is -0.140. The lowest BCUT2D eigenvalue weighted by Crippen LogP contribution is -2.59. The number of carbonyl (C=O) groups excluding carboxylic acids is 2. The van der Waals surface area contributed by atoms with E-state index in [-0.39, 0.29) is 29.2 Å². The highest BCUT2D eigenvalue weighted by Gasteiger charge is 2.38. The van der Waals surface area contributed by atoms with Crippen LogP contribution in [0.2, 0.25) is 0 Å². The summed E-state index contributed by atoms with van der Waals surface area (Å²) < 4.78 is 0. The van der Waals surface area contributed by atoms with E-state index in [1.165, 1.54) is 6.92 Å². The molecule has 7 nitrogen and oxygen atoms in total. The first-order valence-electron chi connectivity index (χ1n) is 11.4. The zero-order valence-corrected chi connectivity index (χ0v) is 21.5. The summed E-state index contributed by atoms with van der Waals surface area (Å²) in [5.41, 5.74) is 0.649. The average Bonchev–Trinajstić information content (AvgIpc) is 2.74. The van der Waals surface area contributed by atoms with Gasteiger partial charge in [-0.15, -0.1) is 0 Å². The first-order valence-corrected chi connectivity index (χ1v) is 11.4. The van der Waals surface area contributed by atoms with Gasteiger partial charge in [-0.2, -0.15) is 0 Å². The molecule has 0 aliphatic carbocycles. The summed E-state index contributed by atoms with van der Waals surface area (Å²) in [7, 11) is 3.39. The Hall–Kier alpha value is -2.67. The maximum Gasteiger partial charge on any atom is 0.331 e. The number of rotatable bonds is 10. The number of aliphatic carboxylic acids is 1. The van der Waals surface area contributed by atoms with Gasteiger partial charge in [-0.3, -0.25) is 9.59 Å². The van der Waals surface area contributed by atoms with Gasteiger partial charge >= 0.3 is 5.97 Å². The molecule has 33 heavy (non-hydrogen) atoms. The molecule has 184 valence electrons. The predicted molar refractivity (Wildman–Crippen MR) is 132 cm³/mol. The summed E-state index contributed by atoms with van der Waals surface area (Å²) in [6.07, 6.45) is 1.60. The Balaban J connectivity index is 3.20. The summed E-state index contributed by atoms with van der Waals surface area (Å²) in [6, 6.07) is 8.04. The molecule has 0 heterocycles. The van der Waals surface area contributed by atoms with E-state index in [9.17, 15) is 19.5 Å². The van der Waals surface area contributed by atoms with E-state index in [0.717, 1.165) is 5.56 Å². The molecule has 7 heteroatoms. The topological polar surface area (TPSA) is 98.7 Å². The number of amides is 2. The van der Waals surface area contributed by atoms with E-state index in [1.54, 1.807) is 25.1 Å². The molecule has 1 aromatic rings. The largest absolute Gasteiger partial charge is 0.478 e. The van der Waals surface area contributed by atoms with Gasteiger partial charge in [-0.25, -0.2) is 4.79 Å². The van der Waals surface area contributed by atoms with Gasteiger partial charge in [-0.05, 0) is 30.9 Å². The Morgan fingerprint density at radius 2 is 1.61 bits per heavy atom. The summed E-state index contributed by atoms with van der Waals surface area (Å²) in [5, 5.41) is 15.4. The Bertz CT molecular complexity index is 843. The molecule has 1 aromatic carbocycles. The first-order chi connectivity index (χ1) is 15.2. The van der Waals surface area contributed by atoms with Crippen LogP contribution >= 0.6 is 0 Å². The van der Waals surface area contributed by atoms with E-state index >= 15 is 0 Å². The van der Waals surface area contributed by atoms with Gasteiger partial charge in [0.15, 0.2) is 0 Å². The lowest BCUT2D eigenvalue weighted by atomic mass is 9.84. The van der Waals surface area contributed by atoms with Crippen molar-refractivity contribution in [1.29, 1.82) is 0 Å². The second kappa shape index (κ2) is 12.0. The molecule has 0 aromatic heterocycles. The van der Waals surface area contributed by atoms with Crippen LogP contribution in [-0.4, -0.2) is 60.0 Å². The van der Waals surface area contributed by atoms with Crippen molar-refractivity contribution in [2.24, 2.45) is 11.3 Å². The van der Waals surface area contributed by atoms with Crippen molar-refractivity contribution in [2.75, 3.05) is 14.1 Å². The highest BCUT2D eigenvalue weighted by atomic mass is 16.4. The molecule has 0 bridgehead atoms. The summed E-state index contributed by atoms with van der Waals surface area (Å²) in [5.74, 6) is -1.64. The summed E-state index contributed by atoms with van der Waals surface area (Å²) >= 11 is 0. The fourth-order valence-electron chi connectivity index (χ4n) is 3.87. The van der Waals surface area contributed by atoms with E-state index in [1.807, 2.05) is 71.9 Å². The predicted octanol–water partition coefficient (Wildman–Crippen LogP) is 3.42. The van der Waals surface area contributed by atoms with E-state index in [2.05, 4.69) is 10.6 Å². The second-order valence-electron chi connectivity index (χ2n) is 10.1. The standard InChI is InChI=1S/C26H41N3O4/c1-16(2)20(15-17(3)25(32)33)29(9)24(31)22(26(5,6)7)28-23(30)21(27-8)18(4)19-13-11-10-12-14-19/h10-16,18,20-22,27H,1-9H3,(H,28,30)(H,32,33)/b17-15+/t18-,20+,21+,22+/m0/s1. The number of benzene rings is 1. The fourth-order valence-corrected chi connectivity index (χ4v) is 3.87. The zero-order valence-electron chi connectivity index (χ0n) is 21.5. The van der Waals surface area contributed by atoms with Crippen LogP contribution in [0, 0.1) is 11.3 Å². The molecule has 0 spiro atoms. The molecule has 2 amide bonds. The first kappa shape index (κ1) is 28.4. The van der Waals surface area contributed by atoms with Gasteiger partial charge in [0.2, 0.25) is 11.8 Å². The van der Waals surface area contributed by atoms with Crippen molar-refractivity contribution >= 4 is 17.8 Å². The zero-order chi connectivity index (χ0) is 25.5. The maximum atomic E-state index is 13.6. The fraction of sp³-hybridized carbons (Fsp3) is 0.577. The number of nitrogens with zero attached hydrogens (tertiary/aromatic N) is 1. The molecule has 1 rings (SSSR count). The molecule has 3 N–H and O–H groups in total. The minimum atomic E-state index is -1.02. The summed E-state index contributed by atoms with van der Waals surface area (Å²) in [6.45, 7) is 13.1. The van der Waals surface area contributed by atoms with Crippen molar-refractivity contribution < 1.29 is 19.5 Å². The Labute approximate surface area is 198 Å².